The molecule has 2 aliphatic rings. The number of benzene rings is 3. The maximum atomic E-state index is 14.2. The lowest BCUT2D eigenvalue weighted by Crippen LogP contribution is -2.45. The van der Waals surface area contributed by atoms with Gasteiger partial charge >= 0.3 is 0 Å². The van der Waals surface area contributed by atoms with Crippen LogP contribution in [0.4, 0.5) is 8.78 Å². The molecular weight excluding hydrogens is 420 g/mol. The highest BCUT2D eigenvalue weighted by Crippen LogP contribution is 2.52. The third-order valence-electron chi connectivity index (χ3n) is 6.22. The number of hydrogen-bond acceptors (Lipinski definition) is 3. The molecule has 0 aliphatic carbocycles. The topological polar surface area (TPSA) is 46.6 Å². The molecular formula is C24H21F2NO3S. The van der Waals surface area contributed by atoms with Gasteiger partial charge < -0.3 is 4.74 Å². The largest absolute Gasteiger partial charge is 0.358 e. The van der Waals surface area contributed by atoms with Gasteiger partial charge in [-0.25, -0.2) is 17.2 Å². The Morgan fingerprint density at radius 1 is 0.871 bits per heavy atom. The van der Waals surface area contributed by atoms with Gasteiger partial charge in [0.25, 0.3) is 0 Å². The quantitative estimate of drug-likeness (QED) is 0.589. The number of piperidine rings is 1. The second-order valence-corrected chi connectivity index (χ2v) is 9.93. The zero-order valence-electron chi connectivity index (χ0n) is 16.7. The third kappa shape index (κ3) is 3.46. The fraction of sp³-hybridized carbons (Fsp3) is 0.250. The molecule has 4 nitrogen and oxygen atoms in total. The van der Waals surface area contributed by atoms with E-state index in [1.807, 2.05) is 0 Å². The molecule has 31 heavy (non-hydrogen) atoms. The van der Waals surface area contributed by atoms with E-state index in [0.29, 0.717) is 12.8 Å². The fourth-order valence-electron chi connectivity index (χ4n) is 4.61. The van der Waals surface area contributed by atoms with Crippen LogP contribution in [0.3, 0.4) is 0 Å². The van der Waals surface area contributed by atoms with E-state index in [4.69, 9.17) is 4.74 Å². The van der Waals surface area contributed by atoms with Gasteiger partial charge in [-0.1, -0.05) is 36.4 Å². The molecule has 0 aromatic heterocycles. The second kappa shape index (κ2) is 7.51. The highest BCUT2D eigenvalue weighted by atomic mass is 32.2. The molecule has 0 radical (unpaired) electrons. The van der Waals surface area contributed by atoms with E-state index in [0.717, 1.165) is 16.7 Å². The van der Waals surface area contributed by atoms with Gasteiger partial charge in [0.05, 0.1) is 10.5 Å². The van der Waals surface area contributed by atoms with Gasteiger partial charge in [0.2, 0.25) is 10.0 Å². The van der Waals surface area contributed by atoms with Crippen LogP contribution in [0.2, 0.25) is 0 Å². The molecule has 3 aromatic carbocycles. The van der Waals surface area contributed by atoms with Crippen molar-refractivity contribution < 1.29 is 21.9 Å². The lowest BCUT2D eigenvalue weighted by atomic mass is 9.83. The Morgan fingerprint density at radius 3 is 2.19 bits per heavy atom. The van der Waals surface area contributed by atoms with Crippen molar-refractivity contribution >= 4 is 10.0 Å². The first kappa shape index (κ1) is 20.3. The van der Waals surface area contributed by atoms with Gasteiger partial charge in [-0.05, 0) is 65.9 Å². The van der Waals surface area contributed by atoms with Gasteiger partial charge in [-0.3, -0.25) is 0 Å². The summed E-state index contributed by atoms with van der Waals surface area (Å²) in [6, 6.07) is 19.0. The SMILES string of the molecule is O=S(=O)(c1ccccc1)N1CCC2(CC1)OC(c1ccc(F)cc1)c1ccc(F)cc12. The summed E-state index contributed by atoms with van der Waals surface area (Å²) in [5.74, 6) is -0.698. The van der Waals surface area contributed by atoms with E-state index in [1.54, 1.807) is 48.5 Å². The fourth-order valence-corrected chi connectivity index (χ4v) is 6.07. The van der Waals surface area contributed by atoms with Crippen LogP contribution in [0.5, 0.6) is 0 Å². The molecule has 2 heterocycles. The molecule has 3 aromatic rings. The molecule has 1 unspecified atom stereocenters. The van der Waals surface area contributed by atoms with E-state index < -0.39 is 21.7 Å². The second-order valence-electron chi connectivity index (χ2n) is 7.99. The van der Waals surface area contributed by atoms with Gasteiger partial charge in [-0.2, -0.15) is 4.31 Å². The molecule has 1 spiro atoms. The average Bonchev–Trinajstić information content (AvgIpc) is 3.08. The van der Waals surface area contributed by atoms with E-state index in [-0.39, 0.29) is 29.6 Å². The summed E-state index contributed by atoms with van der Waals surface area (Å²) < 4.78 is 61.5. The first-order chi connectivity index (χ1) is 14.9. The summed E-state index contributed by atoms with van der Waals surface area (Å²) in [6.45, 7) is 0.534. The van der Waals surface area contributed by atoms with Crippen molar-refractivity contribution in [3.05, 3.63) is 101 Å². The van der Waals surface area contributed by atoms with Crippen molar-refractivity contribution in [1.29, 1.82) is 0 Å². The van der Waals surface area contributed by atoms with Crippen LogP contribution >= 0.6 is 0 Å². The Kier molecular flexibility index (Phi) is 4.92. The number of fused-ring (bicyclic) bond motifs is 2. The summed E-state index contributed by atoms with van der Waals surface area (Å²) in [6.07, 6.45) is 0.369. The van der Waals surface area contributed by atoms with Crippen LogP contribution < -0.4 is 0 Å². The van der Waals surface area contributed by atoms with E-state index in [9.17, 15) is 17.2 Å². The van der Waals surface area contributed by atoms with Gasteiger partial charge in [0, 0.05) is 13.1 Å². The number of sulfonamides is 1. The smallest absolute Gasteiger partial charge is 0.243 e. The Morgan fingerprint density at radius 2 is 1.52 bits per heavy atom. The summed E-state index contributed by atoms with van der Waals surface area (Å²) in [5.41, 5.74) is 1.59. The highest BCUT2D eigenvalue weighted by Gasteiger charge is 2.48. The predicted molar refractivity (Wildman–Crippen MR) is 112 cm³/mol. The number of ether oxygens (including phenoxy) is 1. The molecule has 0 N–H and O–H groups in total. The van der Waals surface area contributed by atoms with Gasteiger partial charge in [-0.15, -0.1) is 0 Å². The van der Waals surface area contributed by atoms with E-state index in [1.165, 1.54) is 28.6 Å². The molecule has 1 fully saturated rings. The normalized spacial score (nSPS) is 20.6. The third-order valence-corrected chi connectivity index (χ3v) is 8.13. The maximum absolute atomic E-state index is 14.2. The van der Waals surface area contributed by atoms with E-state index >= 15 is 0 Å². The van der Waals surface area contributed by atoms with Crippen molar-refractivity contribution in [3.8, 4) is 0 Å². The molecule has 5 rings (SSSR count). The van der Waals surface area contributed by atoms with Crippen LogP contribution in [-0.2, 0) is 20.4 Å². The molecule has 160 valence electrons. The van der Waals surface area contributed by atoms with Crippen LogP contribution in [0.1, 0.15) is 35.6 Å². The minimum Gasteiger partial charge on any atom is -0.358 e. The number of nitrogens with zero attached hydrogens (tertiary/aromatic N) is 1. The summed E-state index contributed by atoms with van der Waals surface area (Å²) in [7, 11) is -3.60. The monoisotopic (exact) mass is 441 g/mol. The first-order valence-corrected chi connectivity index (χ1v) is 11.6. The summed E-state index contributed by atoms with van der Waals surface area (Å²) in [4.78, 5) is 0.258. The lowest BCUT2D eigenvalue weighted by molar-refractivity contribution is -0.0885. The number of hydrogen-bond donors (Lipinski definition) is 0. The summed E-state index contributed by atoms with van der Waals surface area (Å²) in [5, 5.41) is 0. The van der Waals surface area contributed by atoms with Crippen molar-refractivity contribution in [2.24, 2.45) is 0 Å². The van der Waals surface area contributed by atoms with Crippen LogP contribution in [0.15, 0.2) is 77.7 Å². The zero-order chi connectivity index (χ0) is 21.6. The Hall–Kier alpha value is -2.61. The molecule has 0 bridgehead atoms. The van der Waals surface area contributed by atoms with E-state index in [2.05, 4.69) is 0 Å². The Labute approximate surface area is 180 Å². The zero-order valence-corrected chi connectivity index (χ0v) is 17.5. The Bertz CT molecular complexity index is 1210. The van der Waals surface area contributed by atoms with Crippen molar-refractivity contribution in [2.75, 3.05) is 13.1 Å². The first-order valence-electron chi connectivity index (χ1n) is 10.2. The average molecular weight is 441 g/mol. The standard InChI is InChI=1S/C24H21F2NO3S/c25-18-8-6-17(7-9-18)23-21-11-10-19(26)16-22(21)24(30-23)12-14-27(15-13-24)31(28,29)20-4-2-1-3-5-20/h1-11,16,23H,12-15H2. The predicted octanol–water partition coefficient (Wildman–Crippen LogP) is 4.76. The van der Waals surface area contributed by atoms with Gasteiger partial charge in [0.15, 0.2) is 0 Å². The van der Waals surface area contributed by atoms with Gasteiger partial charge in [0.1, 0.15) is 17.7 Å². The molecule has 0 amide bonds. The molecule has 2 aliphatic heterocycles. The highest BCUT2D eigenvalue weighted by molar-refractivity contribution is 7.89. The maximum Gasteiger partial charge on any atom is 0.243 e. The minimum atomic E-state index is -3.60. The molecule has 7 heteroatoms. The summed E-state index contributed by atoms with van der Waals surface area (Å²) >= 11 is 0. The van der Waals surface area contributed by atoms with Crippen molar-refractivity contribution in [2.45, 2.75) is 29.4 Å². The number of halogens is 2. The molecule has 1 atom stereocenters. The molecule has 0 saturated carbocycles. The van der Waals surface area contributed by atoms with Crippen LogP contribution in [0, 0.1) is 11.6 Å². The molecule has 1 saturated heterocycles. The van der Waals surface area contributed by atoms with Crippen LogP contribution in [0.25, 0.3) is 0 Å². The van der Waals surface area contributed by atoms with Crippen molar-refractivity contribution in [1.82, 2.24) is 4.31 Å². The minimum absolute atomic E-state index is 0.258. The Balaban J connectivity index is 1.46. The van der Waals surface area contributed by atoms with Crippen molar-refractivity contribution in [3.63, 3.8) is 0 Å². The number of rotatable bonds is 3. The van der Waals surface area contributed by atoms with Crippen LogP contribution in [-0.4, -0.2) is 25.8 Å². The lowest BCUT2D eigenvalue weighted by Gasteiger charge is -2.39.